The minimum atomic E-state index is -0.184. The third-order valence-corrected chi connectivity index (χ3v) is 6.64. The average Bonchev–Trinajstić information content (AvgIpc) is 2.64. The third-order valence-electron chi connectivity index (χ3n) is 6.64. The highest BCUT2D eigenvalue weighted by molar-refractivity contribution is 6.02. The molecule has 1 aromatic rings. The zero-order chi connectivity index (χ0) is 18.3. The minimum absolute atomic E-state index is 0.109. The van der Waals surface area contributed by atoms with Crippen molar-refractivity contribution in [2.75, 3.05) is 14.2 Å². The summed E-state index contributed by atoms with van der Waals surface area (Å²) in [5.41, 5.74) is 4.25. The molecule has 0 heterocycles. The number of rotatable bonds is 5. The Morgan fingerprint density at radius 1 is 1.08 bits per heavy atom. The molecule has 5 heteroatoms. The Balaban J connectivity index is 1.52. The van der Waals surface area contributed by atoms with Crippen LogP contribution in [0.2, 0.25) is 0 Å². The van der Waals surface area contributed by atoms with Crippen LogP contribution in [0.4, 0.5) is 0 Å². The van der Waals surface area contributed by atoms with Gasteiger partial charge in [-0.15, -0.1) is 0 Å². The first kappa shape index (κ1) is 17.4. The fraction of sp³-hybridized carbons (Fsp3) is 0.619. The molecule has 0 radical (unpaired) electrons. The summed E-state index contributed by atoms with van der Waals surface area (Å²) in [5.74, 6) is 3.80. The van der Waals surface area contributed by atoms with Gasteiger partial charge in [-0.25, -0.2) is 5.43 Å². The van der Waals surface area contributed by atoms with Crippen molar-refractivity contribution in [1.82, 2.24) is 5.43 Å². The molecule has 1 N–H and O–H groups in total. The molecule has 0 aromatic heterocycles. The van der Waals surface area contributed by atoms with Gasteiger partial charge in [0.15, 0.2) is 0 Å². The molecule has 4 aliphatic rings. The molecule has 5 nitrogen and oxygen atoms in total. The Kier molecular flexibility index (Phi) is 4.41. The van der Waals surface area contributed by atoms with Crippen molar-refractivity contribution in [3.63, 3.8) is 0 Å². The molecular weight excluding hydrogens is 328 g/mol. The van der Waals surface area contributed by atoms with Crippen LogP contribution in [0.25, 0.3) is 0 Å². The Labute approximate surface area is 155 Å². The van der Waals surface area contributed by atoms with Crippen LogP contribution in [0.5, 0.6) is 11.5 Å². The Morgan fingerprint density at radius 2 is 1.69 bits per heavy atom. The van der Waals surface area contributed by atoms with Gasteiger partial charge < -0.3 is 9.47 Å². The van der Waals surface area contributed by atoms with Crippen LogP contribution in [0.15, 0.2) is 23.3 Å². The second kappa shape index (κ2) is 6.60. The van der Waals surface area contributed by atoms with Crippen molar-refractivity contribution in [3.8, 4) is 11.5 Å². The van der Waals surface area contributed by atoms with Crippen LogP contribution < -0.4 is 14.9 Å². The van der Waals surface area contributed by atoms with Crippen molar-refractivity contribution < 1.29 is 14.3 Å². The molecular formula is C21H28N2O3. The number of benzene rings is 1. The van der Waals surface area contributed by atoms with E-state index in [9.17, 15) is 4.79 Å². The largest absolute Gasteiger partial charge is 0.497 e. The quantitative estimate of drug-likeness (QED) is 0.645. The molecule has 140 valence electrons. The summed E-state index contributed by atoms with van der Waals surface area (Å²) < 4.78 is 10.7. The van der Waals surface area contributed by atoms with Gasteiger partial charge in [-0.2, -0.15) is 5.10 Å². The number of nitrogens with zero attached hydrogens (tertiary/aromatic N) is 1. The summed E-state index contributed by atoms with van der Waals surface area (Å²) in [6, 6.07) is 5.59. The summed E-state index contributed by atoms with van der Waals surface area (Å²) >= 11 is 0. The molecule has 26 heavy (non-hydrogen) atoms. The van der Waals surface area contributed by atoms with Gasteiger partial charge in [0.1, 0.15) is 11.5 Å². The molecule has 0 spiro atoms. The van der Waals surface area contributed by atoms with Crippen LogP contribution in [0.1, 0.15) is 51.0 Å². The number of carbonyl (C=O) groups excluding carboxylic acids is 1. The average molecular weight is 356 g/mol. The van der Waals surface area contributed by atoms with Gasteiger partial charge in [-0.05, 0) is 81.4 Å². The number of amides is 1. The highest BCUT2D eigenvalue weighted by Crippen LogP contribution is 2.60. The molecule has 4 bridgehead atoms. The molecule has 4 fully saturated rings. The highest BCUT2D eigenvalue weighted by atomic mass is 16.5. The van der Waals surface area contributed by atoms with E-state index in [-0.39, 0.29) is 11.3 Å². The fourth-order valence-corrected chi connectivity index (χ4v) is 5.80. The van der Waals surface area contributed by atoms with Crippen LogP contribution in [0.3, 0.4) is 0 Å². The highest BCUT2D eigenvalue weighted by Gasteiger charge is 2.54. The van der Waals surface area contributed by atoms with E-state index in [1.807, 2.05) is 25.1 Å². The smallest absolute Gasteiger partial charge is 0.246 e. The number of ether oxygens (including phenoxy) is 2. The van der Waals surface area contributed by atoms with Crippen LogP contribution in [-0.2, 0) is 4.79 Å². The zero-order valence-electron chi connectivity index (χ0n) is 15.9. The summed E-state index contributed by atoms with van der Waals surface area (Å²) in [6.45, 7) is 1.89. The van der Waals surface area contributed by atoms with Gasteiger partial charge in [0, 0.05) is 5.56 Å². The molecule has 4 saturated carbocycles. The van der Waals surface area contributed by atoms with Crippen molar-refractivity contribution >= 4 is 11.6 Å². The summed E-state index contributed by atoms with van der Waals surface area (Å²) in [6.07, 6.45) is 7.12. The Hall–Kier alpha value is -2.04. The predicted molar refractivity (Wildman–Crippen MR) is 101 cm³/mol. The number of hydrogen-bond donors (Lipinski definition) is 1. The lowest BCUT2D eigenvalue weighted by Gasteiger charge is -2.55. The van der Waals surface area contributed by atoms with Gasteiger partial charge >= 0.3 is 0 Å². The van der Waals surface area contributed by atoms with Gasteiger partial charge in [-0.1, -0.05) is 0 Å². The van der Waals surface area contributed by atoms with E-state index in [0.717, 1.165) is 59.8 Å². The van der Waals surface area contributed by atoms with Crippen LogP contribution in [-0.4, -0.2) is 25.8 Å². The van der Waals surface area contributed by atoms with E-state index in [0.29, 0.717) is 0 Å². The Morgan fingerprint density at radius 3 is 2.23 bits per heavy atom. The van der Waals surface area contributed by atoms with Crippen molar-refractivity contribution in [1.29, 1.82) is 0 Å². The standard InChI is InChI=1S/C21H28N2O3/c1-13(18-9-17(25-2)4-5-19(18)26-3)22-23-20(24)21-10-14-6-15(11-21)8-16(7-14)12-21/h4-5,9,14-16H,6-8,10-12H2,1-3H3,(H,23,24)/b22-13-. The van der Waals surface area contributed by atoms with E-state index >= 15 is 0 Å². The maximum atomic E-state index is 13.0. The molecule has 1 aromatic carbocycles. The SMILES string of the molecule is COc1ccc(OC)c(/C(C)=N\NC(=O)C23CC4CC(CC(C4)C2)C3)c1. The number of methoxy groups -OCH3 is 2. The molecule has 0 atom stereocenters. The number of hydrazone groups is 1. The predicted octanol–water partition coefficient (Wildman–Crippen LogP) is 3.76. The van der Waals surface area contributed by atoms with Crippen LogP contribution >= 0.6 is 0 Å². The maximum absolute atomic E-state index is 13.0. The third kappa shape index (κ3) is 2.97. The van der Waals surface area contributed by atoms with Crippen molar-refractivity contribution in [2.24, 2.45) is 28.3 Å². The van der Waals surface area contributed by atoms with E-state index in [1.54, 1.807) is 14.2 Å². The molecule has 4 aliphatic carbocycles. The Bertz CT molecular complexity index is 705. The summed E-state index contributed by atoms with van der Waals surface area (Å²) in [5, 5.41) is 4.42. The van der Waals surface area contributed by atoms with Crippen LogP contribution in [0, 0.1) is 23.2 Å². The molecule has 0 unspecified atom stereocenters. The lowest BCUT2D eigenvalue weighted by atomic mass is 9.49. The van der Waals surface area contributed by atoms with E-state index in [4.69, 9.17) is 9.47 Å². The van der Waals surface area contributed by atoms with Gasteiger partial charge in [-0.3, -0.25) is 4.79 Å². The first-order chi connectivity index (χ1) is 12.5. The van der Waals surface area contributed by atoms with Crippen molar-refractivity contribution in [3.05, 3.63) is 23.8 Å². The molecule has 0 aliphatic heterocycles. The topological polar surface area (TPSA) is 59.9 Å². The molecule has 1 amide bonds. The lowest BCUT2D eigenvalue weighted by Crippen LogP contribution is -2.52. The normalized spacial score (nSPS) is 32.4. The number of hydrogen-bond acceptors (Lipinski definition) is 4. The van der Waals surface area contributed by atoms with Gasteiger partial charge in [0.2, 0.25) is 5.91 Å². The lowest BCUT2D eigenvalue weighted by molar-refractivity contribution is -0.146. The number of carbonyl (C=O) groups is 1. The van der Waals surface area contributed by atoms with E-state index in [1.165, 1.54) is 19.3 Å². The van der Waals surface area contributed by atoms with E-state index in [2.05, 4.69) is 10.5 Å². The monoisotopic (exact) mass is 356 g/mol. The first-order valence-electron chi connectivity index (χ1n) is 9.60. The van der Waals surface area contributed by atoms with E-state index < -0.39 is 0 Å². The fourth-order valence-electron chi connectivity index (χ4n) is 5.80. The maximum Gasteiger partial charge on any atom is 0.246 e. The second-order valence-corrected chi connectivity index (χ2v) is 8.40. The zero-order valence-corrected chi connectivity index (χ0v) is 15.9. The van der Waals surface area contributed by atoms with Crippen molar-refractivity contribution in [2.45, 2.75) is 45.4 Å². The summed E-state index contributed by atoms with van der Waals surface area (Å²) in [4.78, 5) is 13.0. The molecule has 5 rings (SSSR count). The number of nitrogens with one attached hydrogen (secondary N) is 1. The molecule has 0 saturated heterocycles. The summed E-state index contributed by atoms with van der Waals surface area (Å²) in [7, 11) is 3.26. The van der Waals surface area contributed by atoms with Gasteiger partial charge in [0.25, 0.3) is 0 Å². The second-order valence-electron chi connectivity index (χ2n) is 8.40. The minimum Gasteiger partial charge on any atom is -0.497 e. The van der Waals surface area contributed by atoms with Gasteiger partial charge in [0.05, 0.1) is 25.3 Å². The first-order valence-corrected chi connectivity index (χ1v) is 9.60.